The fourth-order valence-corrected chi connectivity index (χ4v) is 2.43. The number of hydrogen-bond donors (Lipinski definition) is 2. The summed E-state index contributed by atoms with van der Waals surface area (Å²) in [5.41, 5.74) is 3.49. The summed E-state index contributed by atoms with van der Waals surface area (Å²) in [4.78, 5) is 24.2. The van der Waals surface area contributed by atoms with Crippen LogP contribution < -0.4 is 5.32 Å². The Balaban J connectivity index is 1.92. The van der Waals surface area contributed by atoms with E-state index in [0.717, 1.165) is 11.1 Å². The highest BCUT2D eigenvalue weighted by Gasteiger charge is 2.23. The average molecular weight is 315 g/mol. The Kier molecular flexibility index (Phi) is 5.28. The van der Waals surface area contributed by atoms with Gasteiger partial charge in [-0.15, -0.1) is 0 Å². The Labute approximate surface area is 135 Å². The van der Waals surface area contributed by atoms with E-state index in [1.165, 1.54) is 0 Å². The predicted molar refractivity (Wildman–Crippen MR) is 86.1 cm³/mol. The van der Waals surface area contributed by atoms with Crippen molar-refractivity contribution in [1.82, 2.24) is 15.1 Å². The van der Waals surface area contributed by atoms with E-state index in [-0.39, 0.29) is 6.61 Å². The van der Waals surface area contributed by atoms with E-state index in [1.54, 1.807) is 25.6 Å². The summed E-state index contributed by atoms with van der Waals surface area (Å²) >= 11 is 0. The maximum atomic E-state index is 12.2. The number of Topliss-reactive ketones (excluding diaryl/α,β-unsaturated/α-hetero) is 1. The lowest BCUT2D eigenvalue weighted by Gasteiger charge is -2.06. The minimum atomic E-state index is -0.615. The Morgan fingerprint density at radius 3 is 2.30 bits per heavy atom. The van der Waals surface area contributed by atoms with Crippen LogP contribution in [0.4, 0.5) is 0 Å². The molecule has 0 bridgehead atoms. The quantitative estimate of drug-likeness (QED) is 0.617. The van der Waals surface area contributed by atoms with Crippen LogP contribution in [-0.4, -0.2) is 33.1 Å². The molecule has 6 nitrogen and oxygen atoms in total. The van der Waals surface area contributed by atoms with Gasteiger partial charge in [0.25, 0.3) is 11.7 Å². The molecule has 0 unspecified atom stereocenters. The molecule has 23 heavy (non-hydrogen) atoms. The lowest BCUT2D eigenvalue weighted by Crippen LogP contribution is -2.33. The van der Waals surface area contributed by atoms with E-state index in [9.17, 15) is 9.59 Å². The molecule has 122 valence electrons. The molecule has 0 atom stereocenters. The monoisotopic (exact) mass is 315 g/mol. The van der Waals surface area contributed by atoms with Gasteiger partial charge in [0.1, 0.15) is 0 Å². The van der Waals surface area contributed by atoms with E-state index in [2.05, 4.69) is 10.4 Å². The minimum absolute atomic E-state index is 0.00926. The maximum absolute atomic E-state index is 12.2. The maximum Gasteiger partial charge on any atom is 0.292 e. The Morgan fingerprint density at radius 2 is 1.78 bits per heavy atom. The van der Waals surface area contributed by atoms with Gasteiger partial charge in [-0.3, -0.25) is 14.3 Å². The average Bonchev–Trinajstić information content (AvgIpc) is 2.80. The van der Waals surface area contributed by atoms with E-state index < -0.39 is 11.7 Å². The van der Waals surface area contributed by atoms with Gasteiger partial charge in [-0.05, 0) is 31.4 Å². The topological polar surface area (TPSA) is 84.2 Å². The number of aliphatic hydroxyl groups excluding tert-OH is 1. The van der Waals surface area contributed by atoms with E-state index in [1.807, 2.05) is 24.3 Å². The number of aliphatic hydroxyl groups is 1. The van der Waals surface area contributed by atoms with Crippen LogP contribution >= 0.6 is 0 Å². The molecule has 0 saturated heterocycles. The predicted octanol–water partition coefficient (Wildman–Crippen LogP) is 1.07. The molecule has 0 saturated carbocycles. The van der Waals surface area contributed by atoms with Crippen LogP contribution in [0.2, 0.25) is 0 Å². The Bertz CT molecular complexity index is 717. The van der Waals surface area contributed by atoms with Crippen molar-refractivity contribution >= 4 is 11.7 Å². The Hall–Kier alpha value is -2.47. The second kappa shape index (κ2) is 7.19. The first kappa shape index (κ1) is 16.9. The van der Waals surface area contributed by atoms with Crippen molar-refractivity contribution in [3.05, 3.63) is 52.3 Å². The van der Waals surface area contributed by atoms with Gasteiger partial charge in [-0.2, -0.15) is 5.10 Å². The van der Waals surface area contributed by atoms with Crippen LogP contribution in [0.3, 0.4) is 0 Å². The van der Waals surface area contributed by atoms with Crippen LogP contribution in [0.15, 0.2) is 24.3 Å². The smallest absolute Gasteiger partial charge is 0.292 e. The Morgan fingerprint density at radius 1 is 1.17 bits per heavy atom. The fraction of sp³-hybridized carbons (Fsp3) is 0.353. The molecule has 2 N–H and O–H groups in total. The second-order valence-corrected chi connectivity index (χ2v) is 5.48. The zero-order chi connectivity index (χ0) is 17.0. The molecule has 0 fully saturated rings. The second-order valence-electron chi connectivity index (χ2n) is 5.48. The summed E-state index contributed by atoms with van der Waals surface area (Å²) < 4.78 is 1.60. The minimum Gasteiger partial charge on any atom is -0.392 e. The number of carbonyl (C=O) groups excluding carboxylic acids is 2. The fourth-order valence-electron chi connectivity index (χ4n) is 2.43. The molecule has 1 aromatic heterocycles. The summed E-state index contributed by atoms with van der Waals surface area (Å²) in [5, 5.41) is 15.8. The number of nitrogens with one attached hydrogen (secondary N) is 1. The molecule has 0 spiro atoms. The van der Waals surface area contributed by atoms with Gasteiger partial charge >= 0.3 is 0 Å². The summed E-state index contributed by atoms with van der Waals surface area (Å²) in [7, 11) is 1.74. The molecule has 0 radical (unpaired) electrons. The third-order valence-electron chi connectivity index (χ3n) is 3.85. The zero-order valence-electron chi connectivity index (χ0n) is 13.6. The summed E-state index contributed by atoms with van der Waals surface area (Å²) in [6, 6.07) is 7.47. The first-order chi connectivity index (χ1) is 10.9. The van der Waals surface area contributed by atoms with Gasteiger partial charge in [-0.25, -0.2) is 0 Å². The molecule has 0 aliphatic carbocycles. The van der Waals surface area contributed by atoms with Gasteiger partial charge in [-0.1, -0.05) is 24.3 Å². The first-order valence-electron chi connectivity index (χ1n) is 7.45. The number of ketones is 1. The van der Waals surface area contributed by atoms with Crippen molar-refractivity contribution in [1.29, 1.82) is 0 Å². The number of rotatable bonds is 6. The van der Waals surface area contributed by atoms with Crippen molar-refractivity contribution in [2.75, 3.05) is 6.54 Å². The number of aromatic nitrogens is 2. The van der Waals surface area contributed by atoms with Crippen LogP contribution in [-0.2, 0) is 24.9 Å². The van der Waals surface area contributed by atoms with E-state index in [0.29, 0.717) is 29.9 Å². The zero-order valence-corrected chi connectivity index (χ0v) is 13.6. The number of aryl methyl sites for hydroxylation is 2. The van der Waals surface area contributed by atoms with Crippen LogP contribution in [0.1, 0.15) is 32.9 Å². The third kappa shape index (κ3) is 3.84. The SMILES string of the molecule is Cc1nn(C)c(C)c1C(=O)C(=O)NCCc1ccc(CO)cc1. The largest absolute Gasteiger partial charge is 0.392 e. The highest BCUT2D eigenvalue weighted by Crippen LogP contribution is 2.12. The van der Waals surface area contributed by atoms with Crippen LogP contribution in [0.5, 0.6) is 0 Å². The highest BCUT2D eigenvalue weighted by atomic mass is 16.3. The van der Waals surface area contributed by atoms with Crippen molar-refractivity contribution < 1.29 is 14.7 Å². The van der Waals surface area contributed by atoms with Crippen molar-refractivity contribution in [3.8, 4) is 0 Å². The van der Waals surface area contributed by atoms with Gasteiger partial charge in [0.15, 0.2) is 0 Å². The summed E-state index contributed by atoms with van der Waals surface area (Å²) in [6.45, 7) is 3.87. The number of benzene rings is 1. The standard InChI is InChI=1S/C17H21N3O3/c1-11-15(12(2)20(3)19-11)16(22)17(23)18-9-8-13-4-6-14(10-21)7-5-13/h4-7,21H,8-10H2,1-3H3,(H,18,23). The summed E-state index contributed by atoms with van der Waals surface area (Å²) in [5.74, 6) is -1.17. The van der Waals surface area contributed by atoms with Gasteiger partial charge in [0, 0.05) is 19.3 Å². The molecule has 1 amide bonds. The molecule has 0 aliphatic heterocycles. The molecule has 0 aliphatic rings. The first-order valence-corrected chi connectivity index (χ1v) is 7.45. The third-order valence-corrected chi connectivity index (χ3v) is 3.85. The van der Waals surface area contributed by atoms with E-state index >= 15 is 0 Å². The molecular formula is C17H21N3O3. The van der Waals surface area contributed by atoms with Crippen LogP contribution in [0.25, 0.3) is 0 Å². The van der Waals surface area contributed by atoms with Gasteiger partial charge < -0.3 is 10.4 Å². The van der Waals surface area contributed by atoms with E-state index in [4.69, 9.17) is 5.11 Å². The molecule has 1 aromatic carbocycles. The highest BCUT2D eigenvalue weighted by molar-refractivity contribution is 6.43. The molecule has 2 aromatic rings. The van der Waals surface area contributed by atoms with Crippen LogP contribution in [0, 0.1) is 13.8 Å². The van der Waals surface area contributed by atoms with Crippen molar-refractivity contribution in [2.45, 2.75) is 26.9 Å². The number of hydrogen-bond acceptors (Lipinski definition) is 4. The van der Waals surface area contributed by atoms with Gasteiger partial charge in [0.2, 0.25) is 0 Å². The normalized spacial score (nSPS) is 10.6. The lowest BCUT2D eigenvalue weighted by molar-refractivity contribution is -0.116. The number of amides is 1. The van der Waals surface area contributed by atoms with Crippen molar-refractivity contribution in [2.24, 2.45) is 7.05 Å². The van der Waals surface area contributed by atoms with Crippen molar-refractivity contribution in [3.63, 3.8) is 0 Å². The molecule has 6 heteroatoms. The lowest BCUT2D eigenvalue weighted by atomic mass is 10.1. The molecule has 2 rings (SSSR count). The molecule has 1 heterocycles. The molecular weight excluding hydrogens is 294 g/mol. The number of nitrogens with zero attached hydrogens (tertiary/aromatic N) is 2. The van der Waals surface area contributed by atoms with Gasteiger partial charge in [0.05, 0.1) is 17.9 Å². The number of carbonyl (C=O) groups is 2. The summed E-state index contributed by atoms with van der Waals surface area (Å²) in [6.07, 6.45) is 0.621.